The van der Waals surface area contributed by atoms with E-state index in [1.807, 2.05) is 0 Å². The van der Waals surface area contributed by atoms with Crippen molar-refractivity contribution in [1.82, 2.24) is 0 Å². The average Bonchev–Trinajstić information content (AvgIpc) is 2.16. The van der Waals surface area contributed by atoms with E-state index >= 15 is 0 Å². The van der Waals surface area contributed by atoms with Gasteiger partial charge in [0.25, 0.3) is 0 Å². The second-order valence-corrected chi connectivity index (χ2v) is 2.48. The molecule has 0 saturated carbocycles. The Balaban J connectivity index is 3.53. The average molecular weight is 190 g/mol. The van der Waals surface area contributed by atoms with Gasteiger partial charge in [0.2, 0.25) is 0 Å². The minimum atomic E-state index is -1.34. The van der Waals surface area contributed by atoms with E-state index in [2.05, 4.69) is 5.92 Å². The predicted octanol–water partition coefficient (Wildman–Crippen LogP) is 1.06. The van der Waals surface area contributed by atoms with Crippen molar-refractivity contribution >= 4 is 11.9 Å². The summed E-state index contributed by atoms with van der Waals surface area (Å²) < 4.78 is 0. The summed E-state index contributed by atoms with van der Waals surface area (Å²) in [7, 11) is 0. The summed E-state index contributed by atoms with van der Waals surface area (Å²) in [6.07, 6.45) is 5.05. The zero-order valence-corrected chi connectivity index (χ0v) is 7.02. The van der Waals surface area contributed by atoms with Gasteiger partial charge in [0.15, 0.2) is 0 Å². The first kappa shape index (κ1) is 9.81. The van der Waals surface area contributed by atoms with Crippen molar-refractivity contribution in [3.8, 4) is 12.3 Å². The molecule has 0 spiro atoms. The SMILES string of the molecule is C#Cc1cccc(C(=O)O)c1C(=O)O. The fraction of sp³-hybridized carbons (Fsp3) is 0. The van der Waals surface area contributed by atoms with Crippen molar-refractivity contribution in [2.24, 2.45) is 0 Å². The van der Waals surface area contributed by atoms with Crippen molar-refractivity contribution in [2.45, 2.75) is 0 Å². The van der Waals surface area contributed by atoms with Gasteiger partial charge < -0.3 is 10.2 Å². The molecule has 14 heavy (non-hydrogen) atoms. The number of rotatable bonds is 2. The normalized spacial score (nSPS) is 9.07. The van der Waals surface area contributed by atoms with Gasteiger partial charge in [0.1, 0.15) is 0 Å². The van der Waals surface area contributed by atoms with Crippen LogP contribution in [0.4, 0.5) is 0 Å². The van der Waals surface area contributed by atoms with E-state index in [1.165, 1.54) is 18.2 Å². The van der Waals surface area contributed by atoms with Crippen molar-refractivity contribution in [3.05, 3.63) is 34.9 Å². The van der Waals surface area contributed by atoms with Gasteiger partial charge in [-0.15, -0.1) is 6.42 Å². The molecule has 1 rings (SSSR count). The number of carboxylic acid groups (broad SMARTS) is 2. The molecule has 0 saturated heterocycles. The second-order valence-electron chi connectivity index (χ2n) is 2.48. The Morgan fingerprint density at radius 3 is 2.29 bits per heavy atom. The third-order valence-electron chi connectivity index (χ3n) is 1.66. The Hall–Kier alpha value is -2.28. The minimum Gasteiger partial charge on any atom is -0.478 e. The third kappa shape index (κ3) is 1.57. The molecule has 0 heterocycles. The molecule has 2 N–H and O–H groups in total. The van der Waals surface area contributed by atoms with E-state index in [9.17, 15) is 9.59 Å². The number of hydrogen-bond donors (Lipinski definition) is 2. The molecule has 70 valence electrons. The van der Waals surface area contributed by atoms with Crippen LogP contribution in [0.3, 0.4) is 0 Å². The van der Waals surface area contributed by atoms with Gasteiger partial charge in [-0.2, -0.15) is 0 Å². The summed E-state index contributed by atoms with van der Waals surface area (Å²) in [5, 5.41) is 17.5. The summed E-state index contributed by atoms with van der Waals surface area (Å²) >= 11 is 0. The molecular weight excluding hydrogens is 184 g/mol. The first-order valence-corrected chi connectivity index (χ1v) is 3.64. The quantitative estimate of drug-likeness (QED) is 0.684. The van der Waals surface area contributed by atoms with E-state index in [1.54, 1.807) is 0 Å². The fourth-order valence-corrected chi connectivity index (χ4v) is 1.08. The van der Waals surface area contributed by atoms with Crippen LogP contribution in [-0.4, -0.2) is 22.2 Å². The molecule has 1 aromatic rings. The Bertz CT molecular complexity index is 440. The summed E-state index contributed by atoms with van der Waals surface area (Å²) in [6, 6.07) is 3.99. The Labute approximate surface area is 79.8 Å². The van der Waals surface area contributed by atoms with Crippen molar-refractivity contribution in [2.75, 3.05) is 0 Å². The number of carboxylic acids is 2. The van der Waals surface area contributed by atoms with Crippen LogP contribution in [-0.2, 0) is 0 Å². The molecule has 0 radical (unpaired) electrons. The predicted molar refractivity (Wildman–Crippen MR) is 48.3 cm³/mol. The van der Waals surface area contributed by atoms with Crippen molar-refractivity contribution in [1.29, 1.82) is 0 Å². The largest absolute Gasteiger partial charge is 0.478 e. The highest BCUT2D eigenvalue weighted by molar-refractivity contribution is 6.03. The van der Waals surface area contributed by atoms with Crippen LogP contribution in [0.15, 0.2) is 18.2 Å². The van der Waals surface area contributed by atoms with Gasteiger partial charge in [-0.05, 0) is 12.1 Å². The van der Waals surface area contributed by atoms with Crippen LogP contribution in [0.25, 0.3) is 0 Å². The Morgan fingerprint density at radius 2 is 1.86 bits per heavy atom. The maximum absolute atomic E-state index is 10.7. The van der Waals surface area contributed by atoms with Crippen molar-refractivity contribution in [3.63, 3.8) is 0 Å². The second kappa shape index (κ2) is 3.62. The van der Waals surface area contributed by atoms with Gasteiger partial charge >= 0.3 is 11.9 Å². The molecule has 0 aromatic heterocycles. The summed E-state index contributed by atoms with van der Waals surface area (Å²) in [5.41, 5.74) is -0.576. The van der Waals surface area contributed by atoms with E-state index < -0.39 is 11.9 Å². The lowest BCUT2D eigenvalue weighted by Gasteiger charge is -2.02. The molecule has 0 amide bonds. The molecular formula is C10H6O4. The van der Waals surface area contributed by atoms with Crippen LogP contribution in [0.1, 0.15) is 26.3 Å². The summed E-state index contributed by atoms with van der Waals surface area (Å²) in [6.45, 7) is 0. The van der Waals surface area contributed by atoms with Gasteiger partial charge in [-0.3, -0.25) is 0 Å². The molecule has 4 nitrogen and oxygen atoms in total. The molecule has 1 aromatic carbocycles. The lowest BCUT2D eigenvalue weighted by atomic mass is 10.0. The fourth-order valence-electron chi connectivity index (χ4n) is 1.08. The van der Waals surface area contributed by atoms with Gasteiger partial charge in [-0.25, -0.2) is 9.59 Å². The third-order valence-corrected chi connectivity index (χ3v) is 1.66. The van der Waals surface area contributed by atoms with E-state index in [-0.39, 0.29) is 16.7 Å². The standard InChI is InChI=1S/C10H6O4/c1-2-6-4-3-5-7(9(11)12)8(6)10(13)14/h1,3-5H,(H,11,12)(H,13,14). The van der Waals surface area contributed by atoms with E-state index in [0.29, 0.717) is 0 Å². The molecule has 0 fully saturated rings. The van der Waals surface area contributed by atoms with Crippen LogP contribution >= 0.6 is 0 Å². The molecule has 0 aliphatic carbocycles. The van der Waals surface area contributed by atoms with Crippen LogP contribution in [0, 0.1) is 12.3 Å². The number of terminal acetylenes is 1. The maximum atomic E-state index is 10.7. The lowest BCUT2D eigenvalue weighted by Crippen LogP contribution is -2.10. The van der Waals surface area contributed by atoms with E-state index in [4.69, 9.17) is 16.6 Å². The number of carbonyl (C=O) groups is 2. The van der Waals surface area contributed by atoms with Gasteiger partial charge in [-0.1, -0.05) is 12.0 Å². The Morgan fingerprint density at radius 1 is 1.21 bits per heavy atom. The van der Waals surface area contributed by atoms with Crippen LogP contribution < -0.4 is 0 Å². The summed E-state index contributed by atoms with van der Waals surface area (Å²) in [5.74, 6) is -0.515. The maximum Gasteiger partial charge on any atom is 0.337 e. The molecule has 0 atom stereocenters. The molecule has 0 aliphatic heterocycles. The molecule has 4 heteroatoms. The number of benzene rings is 1. The van der Waals surface area contributed by atoms with Crippen LogP contribution in [0.2, 0.25) is 0 Å². The molecule has 0 aliphatic rings. The number of hydrogen-bond acceptors (Lipinski definition) is 2. The minimum absolute atomic E-state index is 0.0670. The topological polar surface area (TPSA) is 74.6 Å². The van der Waals surface area contributed by atoms with Gasteiger partial charge in [0, 0.05) is 5.56 Å². The Kier molecular flexibility index (Phi) is 2.54. The number of aromatic carboxylic acids is 2. The lowest BCUT2D eigenvalue weighted by molar-refractivity contribution is 0.0651. The zero-order valence-electron chi connectivity index (χ0n) is 7.02. The first-order valence-electron chi connectivity index (χ1n) is 3.64. The van der Waals surface area contributed by atoms with Gasteiger partial charge in [0.05, 0.1) is 11.1 Å². The smallest absolute Gasteiger partial charge is 0.337 e. The zero-order chi connectivity index (χ0) is 10.7. The molecule has 0 unspecified atom stereocenters. The van der Waals surface area contributed by atoms with Crippen LogP contribution in [0.5, 0.6) is 0 Å². The highest BCUT2D eigenvalue weighted by atomic mass is 16.4. The summed E-state index contributed by atoms with van der Waals surface area (Å²) in [4.78, 5) is 21.4. The monoisotopic (exact) mass is 190 g/mol. The molecule has 0 bridgehead atoms. The highest BCUT2D eigenvalue weighted by Crippen LogP contribution is 2.14. The highest BCUT2D eigenvalue weighted by Gasteiger charge is 2.18. The van der Waals surface area contributed by atoms with E-state index in [0.717, 1.165) is 0 Å². The first-order chi connectivity index (χ1) is 6.57. The van der Waals surface area contributed by atoms with Crippen molar-refractivity contribution < 1.29 is 19.8 Å².